The van der Waals surface area contributed by atoms with Gasteiger partial charge >= 0.3 is 0 Å². The minimum absolute atomic E-state index is 0.309. The van der Waals surface area contributed by atoms with E-state index in [9.17, 15) is 5.11 Å². The standard InChI is InChI=1S/C17H31N5O2/c1-4-19-17(20-10-12-22(2)11-5-13-24-3)21-14-16(23)15-6-8-18-9-7-15/h6-9,16,23H,4-5,10-14H2,1-3H3,(H2,19,20,21). The Labute approximate surface area is 145 Å². The van der Waals surface area contributed by atoms with Gasteiger partial charge in [-0.05, 0) is 38.1 Å². The van der Waals surface area contributed by atoms with Gasteiger partial charge in [0.15, 0.2) is 5.96 Å². The van der Waals surface area contributed by atoms with E-state index in [2.05, 4.69) is 32.6 Å². The van der Waals surface area contributed by atoms with Crippen molar-refractivity contribution in [3.8, 4) is 0 Å². The number of ether oxygens (including phenoxy) is 1. The summed E-state index contributed by atoms with van der Waals surface area (Å²) in [5.41, 5.74) is 0.822. The maximum atomic E-state index is 10.2. The van der Waals surface area contributed by atoms with Crippen LogP contribution in [0.4, 0.5) is 0 Å². The molecule has 1 rings (SSSR count). The van der Waals surface area contributed by atoms with E-state index in [1.807, 2.05) is 6.92 Å². The molecule has 1 unspecified atom stereocenters. The Morgan fingerprint density at radius 3 is 2.75 bits per heavy atom. The molecule has 0 radical (unpaired) electrons. The molecule has 0 aliphatic carbocycles. The number of aromatic nitrogens is 1. The Balaban J connectivity index is 2.37. The second-order valence-electron chi connectivity index (χ2n) is 5.59. The number of nitrogens with one attached hydrogen (secondary N) is 2. The van der Waals surface area contributed by atoms with E-state index < -0.39 is 6.10 Å². The summed E-state index contributed by atoms with van der Waals surface area (Å²) < 4.78 is 5.06. The summed E-state index contributed by atoms with van der Waals surface area (Å²) in [4.78, 5) is 10.7. The van der Waals surface area contributed by atoms with E-state index in [0.29, 0.717) is 6.54 Å². The first-order valence-electron chi connectivity index (χ1n) is 8.45. The number of guanidine groups is 1. The number of aliphatic hydroxyl groups is 1. The van der Waals surface area contributed by atoms with Gasteiger partial charge in [0.25, 0.3) is 0 Å². The van der Waals surface area contributed by atoms with Crippen LogP contribution in [-0.4, -0.2) is 74.4 Å². The Morgan fingerprint density at radius 2 is 2.08 bits per heavy atom. The SMILES string of the molecule is CCNC(=NCC(O)c1ccncc1)NCCN(C)CCCOC. The molecule has 1 aromatic rings. The molecule has 3 N–H and O–H groups in total. The van der Waals surface area contributed by atoms with Gasteiger partial charge in [0.05, 0.1) is 12.6 Å². The van der Waals surface area contributed by atoms with Crippen molar-refractivity contribution in [1.29, 1.82) is 0 Å². The second kappa shape index (κ2) is 12.7. The molecular formula is C17H31N5O2. The molecule has 1 heterocycles. The highest BCUT2D eigenvalue weighted by molar-refractivity contribution is 5.79. The van der Waals surface area contributed by atoms with Gasteiger partial charge in [-0.25, -0.2) is 0 Å². The highest BCUT2D eigenvalue weighted by atomic mass is 16.5. The Hall–Kier alpha value is -1.70. The zero-order chi connectivity index (χ0) is 17.6. The zero-order valence-corrected chi connectivity index (χ0v) is 15.0. The van der Waals surface area contributed by atoms with Gasteiger partial charge in [-0.15, -0.1) is 0 Å². The van der Waals surface area contributed by atoms with Crippen molar-refractivity contribution in [2.24, 2.45) is 4.99 Å². The molecular weight excluding hydrogens is 306 g/mol. The first-order valence-corrected chi connectivity index (χ1v) is 8.45. The van der Waals surface area contributed by atoms with Gasteiger partial charge in [-0.2, -0.15) is 0 Å². The van der Waals surface area contributed by atoms with Crippen LogP contribution >= 0.6 is 0 Å². The third-order valence-corrected chi connectivity index (χ3v) is 3.53. The normalized spacial score (nSPS) is 13.1. The van der Waals surface area contributed by atoms with E-state index in [-0.39, 0.29) is 0 Å². The van der Waals surface area contributed by atoms with Gasteiger partial charge in [0, 0.05) is 52.3 Å². The van der Waals surface area contributed by atoms with Gasteiger partial charge in [0.1, 0.15) is 0 Å². The fraction of sp³-hybridized carbons (Fsp3) is 0.647. The number of methoxy groups -OCH3 is 1. The van der Waals surface area contributed by atoms with Crippen LogP contribution in [0, 0.1) is 0 Å². The number of aliphatic imine (C=N–C) groups is 1. The first-order chi connectivity index (χ1) is 11.7. The fourth-order valence-electron chi connectivity index (χ4n) is 2.17. The molecule has 0 saturated heterocycles. The summed E-state index contributed by atoms with van der Waals surface area (Å²) in [5, 5.41) is 16.6. The number of hydrogen-bond acceptors (Lipinski definition) is 5. The van der Waals surface area contributed by atoms with Crippen molar-refractivity contribution in [3.63, 3.8) is 0 Å². The lowest BCUT2D eigenvalue weighted by molar-refractivity contribution is 0.180. The van der Waals surface area contributed by atoms with Crippen LogP contribution in [0.2, 0.25) is 0 Å². The Morgan fingerprint density at radius 1 is 1.33 bits per heavy atom. The molecule has 7 heteroatoms. The van der Waals surface area contributed by atoms with Crippen molar-refractivity contribution in [3.05, 3.63) is 30.1 Å². The van der Waals surface area contributed by atoms with Gasteiger partial charge < -0.3 is 25.4 Å². The van der Waals surface area contributed by atoms with Crippen molar-refractivity contribution in [2.45, 2.75) is 19.4 Å². The number of nitrogens with zero attached hydrogens (tertiary/aromatic N) is 3. The summed E-state index contributed by atoms with van der Waals surface area (Å²) in [7, 11) is 3.82. The average molecular weight is 337 g/mol. The molecule has 7 nitrogen and oxygen atoms in total. The summed E-state index contributed by atoms with van der Waals surface area (Å²) in [6.45, 7) is 6.61. The average Bonchev–Trinajstić information content (AvgIpc) is 2.60. The smallest absolute Gasteiger partial charge is 0.191 e. The first kappa shape index (κ1) is 20.3. The number of likely N-dealkylation sites (N-methyl/N-ethyl adjacent to an activating group) is 1. The number of hydrogen-bond donors (Lipinski definition) is 3. The highest BCUT2D eigenvalue weighted by Crippen LogP contribution is 2.10. The maximum Gasteiger partial charge on any atom is 0.191 e. The molecule has 0 amide bonds. The van der Waals surface area contributed by atoms with Crippen LogP contribution in [0.15, 0.2) is 29.5 Å². The molecule has 0 aromatic carbocycles. The van der Waals surface area contributed by atoms with Crippen LogP contribution < -0.4 is 10.6 Å². The molecule has 0 fully saturated rings. The van der Waals surface area contributed by atoms with Crippen molar-refractivity contribution in [1.82, 2.24) is 20.5 Å². The van der Waals surface area contributed by atoms with Crippen LogP contribution in [0.5, 0.6) is 0 Å². The quantitative estimate of drug-likeness (QED) is 0.312. The third kappa shape index (κ3) is 8.81. The molecule has 0 saturated carbocycles. The third-order valence-electron chi connectivity index (χ3n) is 3.53. The minimum atomic E-state index is -0.625. The lowest BCUT2D eigenvalue weighted by Gasteiger charge is -2.18. The number of rotatable bonds is 11. The van der Waals surface area contributed by atoms with Crippen LogP contribution in [-0.2, 0) is 4.74 Å². The molecule has 1 aromatic heterocycles. The summed E-state index contributed by atoms with van der Waals surface area (Å²) in [5.74, 6) is 0.718. The largest absolute Gasteiger partial charge is 0.386 e. The molecule has 1 atom stereocenters. The van der Waals surface area contributed by atoms with Gasteiger partial charge in [-0.3, -0.25) is 9.98 Å². The van der Waals surface area contributed by atoms with Crippen molar-refractivity contribution < 1.29 is 9.84 Å². The molecule has 0 spiro atoms. The van der Waals surface area contributed by atoms with E-state index in [4.69, 9.17) is 4.74 Å². The lowest BCUT2D eigenvalue weighted by atomic mass is 10.1. The monoisotopic (exact) mass is 337 g/mol. The van der Waals surface area contributed by atoms with Crippen LogP contribution in [0.25, 0.3) is 0 Å². The Bertz CT molecular complexity index is 456. The molecule has 0 bridgehead atoms. The minimum Gasteiger partial charge on any atom is -0.386 e. The maximum absolute atomic E-state index is 10.2. The van der Waals surface area contributed by atoms with Crippen molar-refractivity contribution in [2.75, 3.05) is 53.5 Å². The zero-order valence-electron chi connectivity index (χ0n) is 15.0. The topological polar surface area (TPSA) is 82.0 Å². The Kier molecular flexibility index (Phi) is 10.8. The van der Waals surface area contributed by atoms with Crippen molar-refractivity contribution >= 4 is 5.96 Å². The highest BCUT2D eigenvalue weighted by Gasteiger charge is 2.07. The number of aliphatic hydroxyl groups excluding tert-OH is 1. The fourth-order valence-corrected chi connectivity index (χ4v) is 2.17. The number of pyridine rings is 1. The molecule has 136 valence electrons. The molecule has 0 aliphatic heterocycles. The molecule has 24 heavy (non-hydrogen) atoms. The second-order valence-corrected chi connectivity index (χ2v) is 5.59. The summed E-state index contributed by atoms with van der Waals surface area (Å²) in [6.07, 6.45) is 3.75. The van der Waals surface area contributed by atoms with Crippen LogP contribution in [0.3, 0.4) is 0 Å². The lowest BCUT2D eigenvalue weighted by Crippen LogP contribution is -2.41. The predicted molar refractivity (Wildman–Crippen MR) is 97.2 cm³/mol. The van der Waals surface area contributed by atoms with Gasteiger partial charge in [-0.1, -0.05) is 0 Å². The van der Waals surface area contributed by atoms with E-state index in [1.165, 1.54) is 0 Å². The van der Waals surface area contributed by atoms with E-state index in [1.54, 1.807) is 31.6 Å². The van der Waals surface area contributed by atoms with Crippen LogP contribution in [0.1, 0.15) is 25.0 Å². The summed E-state index contributed by atoms with van der Waals surface area (Å²) >= 11 is 0. The van der Waals surface area contributed by atoms with E-state index >= 15 is 0 Å². The molecule has 0 aliphatic rings. The summed E-state index contributed by atoms with van der Waals surface area (Å²) in [6, 6.07) is 3.60. The van der Waals surface area contributed by atoms with Gasteiger partial charge in [0.2, 0.25) is 0 Å². The van der Waals surface area contributed by atoms with E-state index in [0.717, 1.165) is 50.7 Å². The predicted octanol–water partition coefficient (Wildman–Crippen LogP) is 0.638.